The second-order valence-corrected chi connectivity index (χ2v) is 8.46. The summed E-state index contributed by atoms with van der Waals surface area (Å²) in [6.07, 6.45) is 2.11. The number of nitrogens with one attached hydrogen (secondary N) is 2. The first-order valence-electron chi connectivity index (χ1n) is 11.9. The van der Waals surface area contributed by atoms with E-state index in [0.29, 0.717) is 17.9 Å². The van der Waals surface area contributed by atoms with E-state index in [-0.39, 0.29) is 5.97 Å². The van der Waals surface area contributed by atoms with Gasteiger partial charge in [0.25, 0.3) is 0 Å². The second kappa shape index (κ2) is 10.4. The van der Waals surface area contributed by atoms with Crippen LogP contribution in [0.3, 0.4) is 0 Å². The summed E-state index contributed by atoms with van der Waals surface area (Å²) in [5, 5.41) is 17.8. The van der Waals surface area contributed by atoms with Crippen LogP contribution in [-0.2, 0) is 11.3 Å². The summed E-state index contributed by atoms with van der Waals surface area (Å²) in [7, 11) is 1.40. The van der Waals surface area contributed by atoms with E-state index in [4.69, 9.17) is 9.72 Å². The molecule has 5 rings (SSSR count). The number of esters is 1. The zero-order chi connectivity index (χ0) is 24.9. The Morgan fingerprint density at radius 2 is 1.83 bits per heavy atom. The first-order chi connectivity index (χ1) is 17.7. The van der Waals surface area contributed by atoms with Crippen LogP contribution >= 0.6 is 0 Å². The third kappa shape index (κ3) is 4.55. The van der Waals surface area contributed by atoms with Gasteiger partial charge in [-0.15, -0.1) is 5.10 Å². The highest BCUT2D eigenvalue weighted by atomic mass is 16.5. The number of hydrogen-bond acceptors (Lipinski definition) is 7. The summed E-state index contributed by atoms with van der Waals surface area (Å²) in [5.41, 5.74) is 6.11. The van der Waals surface area contributed by atoms with Crippen molar-refractivity contribution in [2.45, 2.75) is 26.3 Å². The van der Waals surface area contributed by atoms with E-state index in [1.54, 1.807) is 6.07 Å². The zero-order valence-electron chi connectivity index (χ0n) is 20.2. The van der Waals surface area contributed by atoms with Crippen molar-refractivity contribution in [3.05, 3.63) is 77.9 Å². The Morgan fingerprint density at radius 1 is 1.03 bits per heavy atom. The van der Waals surface area contributed by atoms with Gasteiger partial charge < -0.3 is 14.6 Å². The number of ether oxygens (including phenoxy) is 1. The Labute approximate surface area is 208 Å². The molecule has 2 aromatic heterocycles. The summed E-state index contributed by atoms with van der Waals surface area (Å²) in [6, 6.07) is 21.9. The van der Waals surface area contributed by atoms with Crippen molar-refractivity contribution < 1.29 is 9.53 Å². The molecule has 5 aromatic rings. The average Bonchev–Trinajstić information content (AvgIpc) is 3.58. The molecule has 0 unspecified atom stereocenters. The molecular weight excluding hydrogens is 454 g/mol. The normalized spacial score (nSPS) is 11.1. The molecule has 0 fully saturated rings. The number of anilines is 1. The number of benzene rings is 3. The lowest BCUT2D eigenvalue weighted by molar-refractivity contribution is 0.0602. The molecule has 2 N–H and O–H groups in total. The molecule has 0 spiro atoms. The second-order valence-electron chi connectivity index (χ2n) is 8.46. The van der Waals surface area contributed by atoms with Crippen molar-refractivity contribution >= 4 is 23.0 Å². The zero-order valence-corrected chi connectivity index (χ0v) is 20.2. The quantitative estimate of drug-likeness (QED) is 0.227. The van der Waals surface area contributed by atoms with Gasteiger partial charge in [-0.3, -0.25) is 0 Å². The number of para-hydroxylation sites is 1. The van der Waals surface area contributed by atoms with Crippen molar-refractivity contribution in [1.82, 2.24) is 30.2 Å². The standard InChI is InChI=1S/C27H27N7O2/c1-3-4-16-28-27-29-23-11-7-10-22(26(35)36-2)24(23)34(27)17-18-12-14-19(15-13-18)20-8-5-6-9-21(20)25-30-32-33-31-25/h5-15H,3-4,16-17H2,1-2H3,(H,28,29)(H,30,31,32,33). The molecule has 9 nitrogen and oxygen atoms in total. The van der Waals surface area contributed by atoms with Crippen LogP contribution in [0.5, 0.6) is 0 Å². The molecule has 0 aliphatic heterocycles. The summed E-state index contributed by atoms with van der Waals surface area (Å²) < 4.78 is 7.10. The molecule has 36 heavy (non-hydrogen) atoms. The van der Waals surface area contributed by atoms with Gasteiger partial charge in [0.15, 0.2) is 5.82 Å². The van der Waals surface area contributed by atoms with Crippen LogP contribution in [0.1, 0.15) is 35.7 Å². The summed E-state index contributed by atoms with van der Waals surface area (Å²) >= 11 is 0. The van der Waals surface area contributed by atoms with Gasteiger partial charge >= 0.3 is 5.97 Å². The molecule has 0 saturated heterocycles. The predicted octanol–water partition coefficient (Wildman–Crippen LogP) is 4.93. The number of carbonyl (C=O) groups is 1. The molecule has 182 valence electrons. The van der Waals surface area contributed by atoms with Gasteiger partial charge in [-0.25, -0.2) is 14.9 Å². The lowest BCUT2D eigenvalue weighted by Crippen LogP contribution is -2.11. The fraction of sp³-hybridized carbons (Fsp3) is 0.222. The van der Waals surface area contributed by atoms with Gasteiger partial charge in [0.2, 0.25) is 5.95 Å². The molecular formula is C27H27N7O2. The van der Waals surface area contributed by atoms with E-state index in [1.165, 1.54) is 7.11 Å². The Bertz CT molecular complexity index is 1470. The molecule has 0 aliphatic rings. The van der Waals surface area contributed by atoms with Crippen molar-refractivity contribution in [2.24, 2.45) is 0 Å². The van der Waals surface area contributed by atoms with Gasteiger partial charge in [-0.1, -0.05) is 67.9 Å². The molecule has 2 heterocycles. The van der Waals surface area contributed by atoms with E-state index in [9.17, 15) is 4.79 Å². The number of unbranched alkanes of at least 4 members (excludes halogenated alkanes) is 1. The fourth-order valence-corrected chi connectivity index (χ4v) is 4.31. The van der Waals surface area contributed by atoms with Gasteiger partial charge in [0.05, 0.1) is 30.3 Å². The molecule has 0 aliphatic carbocycles. The topological polar surface area (TPSA) is 111 Å². The van der Waals surface area contributed by atoms with Crippen LogP contribution in [0.4, 0.5) is 5.95 Å². The number of H-pyrrole nitrogens is 1. The van der Waals surface area contributed by atoms with Crippen LogP contribution in [0.25, 0.3) is 33.5 Å². The summed E-state index contributed by atoms with van der Waals surface area (Å²) in [4.78, 5) is 17.3. The van der Waals surface area contributed by atoms with Gasteiger partial charge in [-0.05, 0) is 45.7 Å². The highest BCUT2D eigenvalue weighted by molar-refractivity contribution is 6.02. The van der Waals surface area contributed by atoms with Crippen molar-refractivity contribution in [3.63, 3.8) is 0 Å². The lowest BCUT2D eigenvalue weighted by Gasteiger charge is -2.13. The SMILES string of the molecule is CCCCNc1nc2cccc(C(=O)OC)c2n1Cc1ccc(-c2ccccc2-c2nnn[nH]2)cc1. The number of aromatic nitrogens is 6. The summed E-state index contributed by atoms with van der Waals surface area (Å²) in [5.74, 6) is 0.982. The van der Waals surface area contributed by atoms with Gasteiger partial charge in [0.1, 0.15) is 0 Å². The van der Waals surface area contributed by atoms with E-state index in [1.807, 2.05) is 30.3 Å². The minimum Gasteiger partial charge on any atom is -0.465 e. The number of methoxy groups -OCH3 is 1. The summed E-state index contributed by atoms with van der Waals surface area (Å²) in [6.45, 7) is 3.51. The first kappa shape index (κ1) is 23.2. The molecule has 0 atom stereocenters. The third-order valence-corrected chi connectivity index (χ3v) is 6.12. The number of nitrogens with zero attached hydrogens (tertiary/aromatic N) is 5. The van der Waals surface area contributed by atoms with E-state index in [0.717, 1.165) is 58.6 Å². The molecule has 9 heteroatoms. The molecule has 0 saturated carbocycles. The highest BCUT2D eigenvalue weighted by Crippen LogP contribution is 2.31. The van der Waals surface area contributed by atoms with Crippen LogP contribution in [0.15, 0.2) is 66.7 Å². The number of fused-ring (bicyclic) bond motifs is 1. The smallest absolute Gasteiger partial charge is 0.340 e. The average molecular weight is 482 g/mol. The number of aromatic amines is 1. The monoisotopic (exact) mass is 481 g/mol. The number of imidazole rings is 1. The van der Waals surface area contributed by atoms with E-state index in [2.05, 4.69) is 67.8 Å². The Balaban J connectivity index is 1.51. The highest BCUT2D eigenvalue weighted by Gasteiger charge is 2.19. The molecule has 0 bridgehead atoms. The minimum absolute atomic E-state index is 0.379. The van der Waals surface area contributed by atoms with Crippen LogP contribution in [0.2, 0.25) is 0 Å². The molecule has 3 aromatic carbocycles. The first-order valence-corrected chi connectivity index (χ1v) is 11.9. The lowest BCUT2D eigenvalue weighted by atomic mass is 9.98. The maximum atomic E-state index is 12.5. The maximum absolute atomic E-state index is 12.5. The minimum atomic E-state index is -0.379. The van der Waals surface area contributed by atoms with E-state index < -0.39 is 0 Å². The third-order valence-electron chi connectivity index (χ3n) is 6.12. The Kier molecular flexibility index (Phi) is 6.70. The molecule has 0 radical (unpaired) electrons. The predicted molar refractivity (Wildman–Crippen MR) is 139 cm³/mol. The van der Waals surface area contributed by atoms with Crippen molar-refractivity contribution in [1.29, 1.82) is 0 Å². The Morgan fingerprint density at radius 3 is 2.56 bits per heavy atom. The fourth-order valence-electron chi connectivity index (χ4n) is 4.31. The number of rotatable bonds is 9. The van der Waals surface area contributed by atoms with Crippen LogP contribution in [-0.4, -0.2) is 49.8 Å². The van der Waals surface area contributed by atoms with Crippen molar-refractivity contribution in [3.8, 4) is 22.5 Å². The van der Waals surface area contributed by atoms with Crippen molar-refractivity contribution in [2.75, 3.05) is 19.0 Å². The van der Waals surface area contributed by atoms with E-state index >= 15 is 0 Å². The largest absolute Gasteiger partial charge is 0.465 e. The maximum Gasteiger partial charge on any atom is 0.340 e. The van der Waals surface area contributed by atoms with Crippen LogP contribution < -0.4 is 5.32 Å². The number of carbonyl (C=O) groups excluding carboxylic acids is 1. The molecule has 0 amide bonds. The number of tetrazole rings is 1. The number of hydrogen-bond donors (Lipinski definition) is 2. The Hall–Kier alpha value is -4.53. The van der Waals surface area contributed by atoms with Crippen LogP contribution in [0, 0.1) is 0 Å². The van der Waals surface area contributed by atoms with Gasteiger partial charge in [-0.2, -0.15) is 0 Å². The van der Waals surface area contributed by atoms with Gasteiger partial charge in [0, 0.05) is 12.1 Å².